The van der Waals surface area contributed by atoms with Gasteiger partial charge >= 0.3 is 6.18 Å². The average Bonchev–Trinajstić information content (AvgIpc) is 3.35. The molecule has 0 bridgehead atoms. The van der Waals surface area contributed by atoms with Crippen molar-refractivity contribution in [3.8, 4) is 0 Å². The highest BCUT2D eigenvalue weighted by atomic mass is 19.4. The van der Waals surface area contributed by atoms with Crippen molar-refractivity contribution in [2.45, 2.75) is 31.2 Å². The molecular formula is C18H16F3N5O2. The molecule has 1 aliphatic rings. The SMILES string of the molecule is O=C(NCc1ccccn1)c1cnn2c1N[C@H](c1ccco1)C[C@@H]2C(F)(F)F. The number of fused-ring (bicyclic) bond motifs is 1. The van der Waals surface area contributed by atoms with Gasteiger partial charge in [-0.2, -0.15) is 18.3 Å². The Labute approximate surface area is 157 Å². The van der Waals surface area contributed by atoms with E-state index in [0.717, 1.165) is 10.9 Å². The number of hydrogen-bond donors (Lipinski definition) is 2. The summed E-state index contributed by atoms with van der Waals surface area (Å²) in [6, 6.07) is 5.86. The molecule has 0 aliphatic carbocycles. The van der Waals surface area contributed by atoms with Gasteiger partial charge in [-0.05, 0) is 24.3 Å². The Morgan fingerprint density at radius 2 is 2.18 bits per heavy atom. The molecule has 2 N–H and O–H groups in total. The smallest absolute Gasteiger partial charge is 0.410 e. The number of pyridine rings is 1. The predicted octanol–water partition coefficient (Wildman–Crippen LogP) is 3.46. The van der Waals surface area contributed by atoms with Gasteiger partial charge in [-0.15, -0.1) is 0 Å². The Morgan fingerprint density at radius 3 is 2.86 bits per heavy atom. The van der Waals surface area contributed by atoms with Crippen LogP contribution in [0.3, 0.4) is 0 Å². The molecule has 0 spiro atoms. The van der Waals surface area contributed by atoms with Crippen molar-refractivity contribution in [2.75, 3.05) is 5.32 Å². The zero-order chi connectivity index (χ0) is 19.7. The van der Waals surface area contributed by atoms with Crippen LogP contribution in [0.4, 0.5) is 19.0 Å². The summed E-state index contributed by atoms with van der Waals surface area (Å²) < 4.78 is 46.8. The van der Waals surface area contributed by atoms with E-state index in [1.165, 1.54) is 6.26 Å². The third-order valence-electron chi connectivity index (χ3n) is 4.53. The maximum absolute atomic E-state index is 13.6. The van der Waals surface area contributed by atoms with Gasteiger partial charge in [0.25, 0.3) is 5.91 Å². The first kappa shape index (κ1) is 18.1. The Kier molecular flexibility index (Phi) is 4.54. The van der Waals surface area contributed by atoms with Crippen molar-refractivity contribution in [2.24, 2.45) is 0 Å². The van der Waals surface area contributed by atoms with E-state index in [1.807, 2.05) is 0 Å². The van der Waals surface area contributed by atoms with Crippen LogP contribution < -0.4 is 10.6 Å². The third-order valence-corrected chi connectivity index (χ3v) is 4.53. The van der Waals surface area contributed by atoms with E-state index in [0.29, 0.717) is 11.5 Å². The number of furan rings is 1. The van der Waals surface area contributed by atoms with E-state index < -0.39 is 24.2 Å². The van der Waals surface area contributed by atoms with Crippen molar-refractivity contribution in [3.63, 3.8) is 0 Å². The van der Waals surface area contributed by atoms with Gasteiger partial charge < -0.3 is 15.1 Å². The molecule has 28 heavy (non-hydrogen) atoms. The Balaban J connectivity index is 1.61. The van der Waals surface area contributed by atoms with Crippen LogP contribution in [-0.4, -0.2) is 26.8 Å². The van der Waals surface area contributed by atoms with E-state index in [4.69, 9.17) is 4.42 Å². The lowest BCUT2D eigenvalue weighted by molar-refractivity contribution is -0.174. The number of nitrogens with zero attached hydrogens (tertiary/aromatic N) is 3. The van der Waals surface area contributed by atoms with Gasteiger partial charge in [-0.1, -0.05) is 6.07 Å². The highest BCUT2D eigenvalue weighted by Crippen LogP contribution is 2.44. The summed E-state index contributed by atoms with van der Waals surface area (Å²) in [6.45, 7) is 0.147. The number of carbonyl (C=O) groups is 1. The van der Waals surface area contributed by atoms with Crippen LogP contribution in [0.1, 0.15) is 40.3 Å². The van der Waals surface area contributed by atoms with E-state index in [2.05, 4.69) is 20.7 Å². The monoisotopic (exact) mass is 391 g/mol. The molecule has 146 valence electrons. The minimum atomic E-state index is -4.52. The minimum Gasteiger partial charge on any atom is -0.467 e. The first-order chi connectivity index (χ1) is 13.4. The zero-order valence-corrected chi connectivity index (χ0v) is 14.5. The molecule has 0 fully saturated rings. The lowest BCUT2D eigenvalue weighted by atomic mass is 10.0. The summed E-state index contributed by atoms with van der Waals surface area (Å²) in [6.07, 6.45) is -0.686. The number of aromatic nitrogens is 3. The molecule has 7 nitrogen and oxygen atoms in total. The predicted molar refractivity (Wildman–Crippen MR) is 92.4 cm³/mol. The van der Waals surface area contributed by atoms with E-state index in [-0.39, 0.29) is 24.3 Å². The quantitative estimate of drug-likeness (QED) is 0.712. The van der Waals surface area contributed by atoms with Crippen LogP contribution in [0.15, 0.2) is 53.4 Å². The van der Waals surface area contributed by atoms with Gasteiger partial charge in [0.15, 0.2) is 6.04 Å². The largest absolute Gasteiger partial charge is 0.467 e. The fraction of sp³-hybridized carbons (Fsp3) is 0.278. The second-order valence-electron chi connectivity index (χ2n) is 6.36. The number of hydrogen-bond acceptors (Lipinski definition) is 5. The molecule has 0 saturated heterocycles. The standard InChI is InChI=1S/C18H16F3N5O2/c19-18(20,21)15-8-13(14-5-3-7-28-14)25-16-12(10-24-26(15)16)17(27)23-9-11-4-1-2-6-22-11/h1-7,10,13,15,25H,8-9H2,(H,23,27)/t13-,15+/m0/s1. The molecule has 0 aromatic carbocycles. The molecular weight excluding hydrogens is 375 g/mol. The molecule has 0 saturated carbocycles. The molecule has 1 amide bonds. The van der Waals surface area contributed by atoms with Crippen LogP contribution in [0.25, 0.3) is 0 Å². The van der Waals surface area contributed by atoms with Crippen molar-refractivity contribution in [1.29, 1.82) is 0 Å². The summed E-state index contributed by atoms with van der Waals surface area (Å²) >= 11 is 0. The first-order valence-electron chi connectivity index (χ1n) is 8.56. The zero-order valence-electron chi connectivity index (χ0n) is 14.5. The van der Waals surface area contributed by atoms with Gasteiger partial charge in [0.1, 0.15) is 17.1 Å². The highest BCUT2D eigenvalue weighted by Gasteiger charge is 2.47. The summed E-state index contributed by atoms with van der Waals surface area (Å²) in [4.78, 5) is 16.7. The number of carbonyl (C=O) groups excluding carboxylic acids is 1. The summed E-state index contributed by atoms with van der Waals surface area (Å²) in [7, 11) is 0. The summed E-state index contributed by atoms with van der Waals surface area (Å²) in [5.41, 5.74) is 0.660. The molecule has 3 aromatic rings. The highest BCUT2D eigenvalue weighted by molar-refractivity contribution is 5.98. The Bertz CT molecular complexity index is 954. The van der Waals surface area contributed by atoms with Gasteiger partial charge in [0.2, 0.25) is 0 Å². The third kappa shape index (κ3) is 3.45. The first-order valence-corrected chi connectivity index (χ1v) is 8.56. The number of alkyl halides is 3. The molecule has 10 heteroatoms. The van der Waals surface area contributed by atoms with Gasteiger partial charge in [-0.3, -0.25) is 9.78 Å². The second-order valence-corrected chi connectivity index (χ2v) is 6.36. The van der Waals surface area contributed by atoms with Crippen LogP contribution in [0.2, 0.25) is 0 Å². The van der Waals surface area contributed by atoms with Crippen molar-refractivity contribution >= 4 is 11.7 Å². The topological polar surface area (TPSA) is 85.0 Å². The van der Waals surface area contributed by atoms with Crippen molar-refractivity contribution in [1.82, 2.24) is 20.1 Å². The van der Waals surface area contributed by atoms with E-state index in [1.54, 1.807) is 36.5 Å². The molecule has 2 atom stereocenters. The maximum Gasteiger partial charge on any atom is 0.410 e. The molecule has 1 aliphatic heterocycles. The minimum absolute atomic E-state index is 0.00787. The van der Waals surface area contributed by atoms with Gasteiger partial charge in [0.05, 0.1) is 30.7 Å². The number of amides is 1. The Morgan fingerprint density at radius 1 is 1.32 bits per heavy atom. The van der Waals surface area contributed by atoms with Gasteiger partial charge in [-0.25, -0.2) is 4.68 Å². The lowest BCUT2D eigenvalue weighted by Crippen LogP contribution is -2.36. The molecule has 4 heterocycles. The van der Waals surface area contributed by atoms with Crippen LogP contribution in [0.5, 0.6) is 0 Å². The molecule has 0 radical (unpaired) electrons. The maximum atomic E-state index is 13.6. The van der Waals surface area contributed by atoms with E-state index in [9.17, 15) is 18.0 Å². The van der Waals surface area contributed by atoms with Crippen LogP contribution in [-0.2, 0) is 6.54 Å². The normalized spacial score (nSPS) is 19.0. The average molecular weight is 391 g/mol. The van der Waals surface area contributed by atoms with Crippen LogP contribution >= 0.6 is 0 Å². The second kappa shape index (κ2) is 7.02. The number of halogens is 3. The summed E-state index contributed by atoms with van der Waals surface area (Å²) in [5.74, 6) is -0.171. The Hall–Kier alpha value is -3.30. The number of rotatable bonds is 4. The number of nitrogens with one attached hydrogen (secondary N) is 2. The van der Waals surface area contributed by atoms with Gasteiger partial charge in [0, 0.05) is 12.6 Å². The molecule has 4 rings (SSSR count). The van der Waals surface area contributed by atoms with Crippen molar-refractivity contribution < 1.29 is 22.4 Å². The fourth-order valence-corrected chi connectivity index (χ4v) is 3.17. The lowest BCUT2D eigenvalue weighted by Gasteiger charge is -2.32. The van der Waals surface area contributed by atoms with E-state index >= 15 is 0 Å². The summed E-state index contributed by atoms with van der Waals surface area (Å²) in [5, 5.41) is 9.44. The van der Waals surface area contributed by atoms with Crippen molar-refractivity contribution in [3.05, 3.63) is 66.0 Å². The molecule has 0 unspecified atom stereocenters. The molecule has 3 aromatic heterocycles. The van der Waals surface area contributed by atoms with Crippen LogP contribution in [0, 0.1) is 0 Å². The number of anilines is 1. The fourth-order valence-electron chi connectivity index (χ4n) is 3.17.